The standard InChI is InChI=1S/C33H25FN6O6S/c34-21-6-1-18(2-7-21)4-9-23-27(30-38-39-31(41)46-30)26(28-29(37-23)33(11-12-33)17-47(28,43)44)20-5-10-24-25(13-20)45-32(42)40(24)16-22-8-3-19(14-35)15-36-22/h1-3,5-8,10,13,15,26,37H,4,9,11-12,16-17H2,(H,39,41). The minimum Gasteiger partial charge on any atom is -0.408 e. The number of aromatic nitrogens is 4. The summed E-state index contributed by atoms with van der Waals surface area (Å²) in [5.41, 5.74) is 4.10. The maximum atomic E-state index is 13.9. The molecule has 1 unspecified atom stereocenters. The lowest BCUT2D eigenvalue weighted by atomic mass is 9.82. The Morgan fingerprint density at radius 1 is 1.06 bits per heavy atom. The number of halogens is 1. The van der Waals surface area contributed by atoms with Gasteiger partial charge >= 0.3 is 11.5 Å². The van der Waals surface area contributed by atoms with Gasteiger partial charge in [-0.25, -0.2) is 27.5 Å². The Morgan fingerprint density at radius 3 is 2.55 bits per heavy atom. The average molecular weight is 653 g/mol. The molecule has 3 aromatic heterocycles. The van der Waals surface area contributed by atoms with Gasteiger partial charge in [-0.2, -0.15) is 5.26 Å². The first-order valence-corrected chi connectivity index (χ1v) is 16.6. The summed E-state index contributed by atoms with van der Waals surface area (Å²) >= 11 is 0. The first kappa shape index (κ1) is 28.9. The first-order chi connectivity index (χ1) is 22.6. The maximum Gasteiger partial charge on any atom is 0.434 e. The summed E-state index contributed by atoms with van der Waals surface area (Å²) in [7, 11) is -3.77. The molecular formula is C33H25FN6O6S. The number of aromatic amines is 1. The Bertz CT molecular complexity index is 2420. The fourth-order valence-electron chi connectivity index (χ4n) is 6.71. The Morgan fingerprint density at radius 2 is 1.87 bits per heavy atom. The van der Waals surface area contributed by atoms with Gasteiger partial charge in [-0.3, -0.25) is 9.55 Å². The summed E-state index contributed by atoms with van der Waals surface area (Å²) in [6, 6.07) is 16.5. The van der Waals surface area contributed by atoms with E-state index in [9.17, 15) is 22.4 Å². The lowest BCUT2D eigenvalue weighted by molar-refractivity contribution is 0.493. The molecule has 0 radical (unpaired) electrons. The average Bonchev–Trinajstić information content (AvgIpc) is 3.49. The molecule has 3 aliphatic rings. The molecule has 0 amide bonds. The van der Waals surface area contributed by atoms with Gasteiger partial charge in [0.1, 0.15) is 11.9 Å². The summed E-state index contributed by atoms with van der Waals surface area (Å²) in [5, 5.41) is 18.9. The van der Waals surface area contributed by atoms with Crippen LogP contribution in [0.5, 0.6) is 0 Å². The fourth-order valence-corrected chi connectivity index (χ4v) is 9.22. The van der Waals surface area contributed by atoms with Gasteiger partial charge in [0.2, 0.25) is 5.89 Å². The molecule has 1 spiro atoms. The van der Waals surface area contributed by atoms with E-state index in [-0.39, 0.29) is 34.5 Å². The summed E-state index contributed by atoms with van der Waals surface area (Å²) < 4.78 is 54.0. The van der Waals surface area contributed by atoms with E-state index in [4.69, 9.17) is 14.1 Å². The van der Waals surface area contributed by atoms with E-state index < -0.39 is 32.7 Å². The monoisotopic (exact) mass is 652 g/mol. The molecule has 1 aliphatic carbocycles. The van der Waals surface area contributed by atoms with Crippen molar-refractivity contribution in [1.29, 1.82) is 5.26 Å². The van der Waals surface area contributed by atoms with Crippen LogP contribution in [-0.2, 0) is 22.8 Å². The van der Waals surface area contributed by atoms with Crippen LogP contribution >= 0.6 is 0 Å². The van der Waals surface area contributed by atoms with Gasteiger partial charge in [0.25, 0.3) is 0 Å². The van der Waals surface area contributed by atoms with Crippen molar-refractivity contribution in [2.75, 3.05) is 5.75 Å². The molecule has 5 heterocycles. The molecule has 2 N–H and O–H groups in total. The van der Waals surface area contributed by atoms with Crippen LogP contribution in [0.25, 0.3) is 16.7 Å². The van der Waals surface area contributed by atoms with Gasteiger partial charge in [-0.05, 0) is 73.2 Å². The van der Waals surface area contributed by atoms with E-state index in [1.165, 1.54) is 22.9 Å². The fraction of sp³-hybridized carbons (Fsp3) is 0.242. The molecule has 1 saturated carbocycles. The Hall–Kier alpha value is -5.55. The molecular weight excluding hydrogens is 627 g/mol. The number of rotatable bonds is 7. The second kappa shape index (κ2) is 10.5. The second-order valence-corrected chi connectivity index (χ2v) is 14.1. The minimum absolute atomic E-state index is 0.0392. The van der Waals surface area contributed by atoms with Crippen LogP contribution in [0.2, 0.25) is 0 Å². The molecule has 47 heavy (non-hydrogen) atoms. The molecule has 0 saturated heterocycles. The van der Waals surface area contributed by atoms with Crippen LogP contribution in [0, 0.1) is 22.6 Å². The van der Waals surface area contributed by atoms with Crippen molar-refractivity contribution in [3.8, 4) is 6.07 Å². The van der Waals surface area contributed by atoms with Gasteiger partial charge in [-0.15, -0.1) is 5.10 Å². The molecule has 5 aromatic rings. The number of oxazole rings is 1. The van der Waals surface area contributed by atoms with E-state index in [1.54, 1.807) is 42.5 Å². The summed E-state index contributed by atoms with van der Waals surface area (Å²) in [6.07, 6.45) is 3.71. The Labute approximate surface area is 265 Å². The topological polar surface area (TPSA) is 177 Å². The molecule has 14 heteroatoms. The maximum absolute atomic E-state index is 13.9. The predicted octanol–water partition coefficient (Wildman–Crippen LogP) is 3.88. The number of pyridine rings is 1. The number of hydrogen-bond donors (Lipinski definition) is 2. The zero-order valence-electron chi connectivity index (χ0n) is 24.6. The number of allylic oxidation sites excluding steroid dienone is 4. The number of fused-ring (bicyclic) bond motifs is 2. The number of dihydropyridines is 1. The van der Waals surface area contributed by atoms with Gasteiger partial charge in [-0.1, -0.05) is 18.2 Å². The van der Waals surface area contributed by atoms with Crippen molar-refractivity contribution >= 4 is 26.5 Å². The van der Waals surface area contributed by atoms with Crippen LogP contribution in [0.15, 0.2) is 95.5 Å². The molecule has 236 valence electrons. The molecule has 1 fully saturated rings. The third-order valence-electron chi connectivity index (χ3n) is 9.13. The van der Waals surface area contributed by atoms with E-state index in [0.717, 1.165) is 5.56 Å². The molecule has 2 aliphatic heterocycles. The third kappa shape index (κ3) is 4.90. The van der Waals surface area contributed by atoms with Crippen LogP contribution in [0.3, 0.4) is 0 Å². The normalized spacial score (nSPS) is 19.2. The number of nitrogens with zero attached hydrogens (tertiary/aromatic N) is 4. The lowest BCUT2D eigenvalue weighted by Gasteiger charge is -2.31. The molecule has 1 atom stereocenters. The highest BCUT2D eigenvalue weighted by Crippen LogP contribution is 2.63. The molecule has 8 rings (SSSR count). The van der Waals surface area contributed by atoms with Gasteiger partial charge < -0.3 is 14.2 Å². The van der Waals surface area contributed by atoms with E-state index in [0.29, 0.717) is 65.0 Å². The van der Waals surface area contributed by atoms with Gasteiger partial charge in [0.05, 0.1) is 39.9 Å². The van der Waals surface area contributed by atoms with Crippen molar-refractivity contribution in [2.24, 2.45) is 5.41 Å². The Balaban J connectivity index is 1.27. The van der Waals surface area contributed by atoms with Gasteiger partial charge in [0.15, 0.2) is 15.4 Å². The number of benzene rings is 2. The number of hydrogen-bond acceptors (Lipinski definition) is 10. The minimum atomic E-state index is -3.77. The quantitative estimate of drug-likeness (QED) is 0.262. The van der Waals surface area contributed by atoms with Crippen LogP contribution in [0.4, 0.5) is 4.39 Å². The third-order valence-corrected chi connectivity index (χ3v) is 11.2. The SMILES string of the molecule is N#Cc1ccc(Cn2c(=O)oc3cc(C4C(c5n[nH]c(=O)o5)=C(CCc5ccc(F)cc5)NC5=C4S(=O)(=O)CC54CC4)ccc32)nc1. The summed E-state index contributed by atoms with van der Waals surface area (Å²) in [5.74, 6) is -2.81. The highest BCUT2D eigenvalue weighted by molar-refractivity contribution is 7.95. The predicted molar refractivity (Wildman–Crippen MR) is 166 cm³/mol. The largest absolute Gasteiger partial charge is 0.434 e. The first-order valence-electron chi connectivity index (χ1n) is 14.9. The number of H-pyrrole nitrogens is 1. The number of nitriles is 1. The van der Waals surface area contributed by atoms with E-state index in [2.05, 4.69) is 20.5 Å². The van der Waals surface area contributed by atoms with Crippen molar-refractivity contribution in [2.45, 2.75) is 38.1 Å². The van der Waals surface area contributed by atoms with Crippen LogP contribution in [-0.4, -0.2) is 33.9 Å². The summed E-state index contributed by atoms with van der Waals surface area (Å²) in [6.45, 7) is 0.0908. The zero-order chi connectivity index (χ0) is 32.5. The van der Waals surface area contributed by atoms with E-state index in [1.807, 2.05) is 6.07 Å². The second-order valence-electron chi connectivity index (χ2n) is 12.1. The number of nitrogens with one attached hydrogen (secondary N) is 2. The van der Waals surface area contributed by atoms with Crippen LogP contribution < -0.4 is 16.8 Å². The Kier molecular flexibility index (Phi) is 6.45. The van der Waals surface area contributed by atoms with Crippen molar-refractivity contribution in [1.82, 2.24) is 25.1 Å². The zero-order valence-corrected chi connectivity index (χ0v) is 25.4. The van der Waals surface area contributed by atoms with E-state index >= 15 is 0 Å². The lowest BCUT2D eigenvalue weighted by Crippen LogP contribution is -2.29. The number of sulfone groups is 1. The number of aryl methyl sites for hydroxylation is 1. The van der Waals surface area contributed by atoms with Crippen molar-refractivity contribution < 1.29 is 21.6 Å². The van der Waals surface area contributed by atoms with Gasteiger partial charge in [0, 0.05) is 28.6 Å². The van der Waals surface area contributed by atoms with Crippen molar-refractivity contribution in [3.05, 3.63) is 132 Å². The molecule has 2 aromatic carbocycles. The highest BCUT2D eigenvalue weighted by Gasteiger charge is 2.60. The van der Waals surface area contributed by atoms with Crippen molar-refractivity contribution in [3.63, 3.8) is 0 Å². The molecule has 0 bridgehead atoms. The highest BCUT2D eigenvalue weighted by atomic mass is 32.2. The summed E-state index contributed by atoms with van der Waals surface area (Å²) in [4.78, 5) is 29.7. The smallest absolute Gasteiger partial charge is 0.408 e. The molecule has 12 nitrogen and oxygen atoms in total. The van der Waals surface area contributed by atoms with Crippen LogP contribution in [0.1, 0.15) is 53.5 Å².